The molecule has 0 atom stereocenters. The van der Waals surface area contributed by atoms with E-state index in [2.05, 4.69) is 28.3 Å². The molecule has 2 aromatic heterocycles. The number of aromatic nitrogens is 2. The van der Waals surface area contributed by atoms with E-state index in [1.165, 1.54) is 23.1 Å². The fourth-order valence-electron chi connectivity index (χ4n) is 2.52. The zero-order valence-corrected chi connectivity index (χ0v) is 16.7. The first-order valence-corrected chi connectivity index (χ1v) is 10.7. The number of nitrogens with one attached hydrogen (secondary N) is 1. The number of thiazole rings is 1. The van der Waals surface area contributed by atoms with E-state index in [0.29, 0.717) is 27.9 Å². The van der Waals surface area contributed by atoms with Gasteiger partial charge in [0.15, 0.2) is 5.13 Å². The summed E-state index contributed by atoms with van der Waals surface area (Å²) in [6.45, 7) is 2.14. The fraction of sp³-hybridized carbons (Fsp3) is 0.300. The lowest BCUT2D eigenvalue weighted by Gasteiger charge is -2.06. The third kappa shape index (κ3) is 5.28. The number of unbranched alkanes of at least 4 members (excludes halogenated alkanes) is 1. The lowest BCUT2D eigenvalue weighted by Crippen LogP contribution is -2.12. The van der Waals surface area contributed by atoms with Gasteiger partial charge in [0, 0.05) is 17.9 Å². The van der Waals surface area contributed by atoms with Crippen LogP contribution in [0.25, 0.3) is 10.2 Å². The minimum atomic E-state index is -0.0813. The number of benzene rings is 1. The van der Waals surface area contributed by atoms with Gasteiger partial charge in [-0.1, -0.05) is 36.8 Å². The molecule has 0 aliphatic rings. The second kappa shape index (κ2) is 9.49. The van der Waals surface area contributed by atoms with Crippen LogP contribution in [0.4, 0.5) is 5.13 Å². The molecule has 0 aliphatic heterocycles. The lowest BCUT2D eigenvalue weighted by molar-refractivity contribution is -0.115. The zero-order valence-electron chi connectivity index (χ0n) is 15.1. The van der Waals surface area contributed by atoms with Gasteiger partial charge in [-0.25, -0.2) is 9.97 Å². The van der Waals surface area contributed by atoms with E-state index in [4.69, 9.17) is 0 Å². The molecule has 3 aromatic rings. The number of nitriles is 1. The Bertz CT molecular complexity index is 945. The molecule has 1 amide bonds. The third-order valence-corrected chi connectivity index (χ3v) is 5.88. The molecule has 7 heteroatoms. The summed E-state index contributed by atoms with van der Waals surface area (Å²) in [7, 11) is 0. The Balaban J connectivity index is 1.55. The van der Waals surface area contributed by atoms with Crippen molar-refractivity contribution in [2.75, 3.05) is 11.1 Å². The van der Waals surface area contributed by atoms with Gasteiger partial charge in [-0.3, -0.25) is 4.79 Å². The standard InChI is InChI=1S/C20H20N4OS2/c1-2-3-6-15-10-9-14(13-21)19(22-15)26-12-11-18(25)24-20-23-16-7-4-5-8-17(16)27-20/h4-5,7-10H,2-3,6,11-12H2,1H3,(H,23,24,25). The van der Waals surface area contributed by atoms with Crippen molar-refractivity contribution < 1.29 is 4.79 Å². The first-order chi connectivity index (χ1) is 13.2. The first kappa shape index (κ1) is 19.3. The Morgan fingerprint density at radius 2 is 2.11 bits per heavy atom. The number of amides is 1. The van der Waals surface area contributed by atoms with Crippen LogP contribution >= 0.6 is 23.1 Å². The summed E-state index contributed by atoms with van der Waals surface area (Å²) in [5.41, 5.74) is 2.45. The normalized spacial score (nSPS) is 10.7. The summed E-state index contributed by atoms with van der Waals surface area (Å²) in [4.78, 5) is 21.2. The molecule has 0 bridgehead atoms. The van der Waals surface area contributed by atoms with Gasteiger partial charge in [-0.15, -0.1) is 11.8 Å². The van der Waals surface area contributed by atoms with Gasteiger partial charge in [0.1, 0.15) is 11.1 Å². The Morgan fingerprint density at radius 3 is 2.89 bits per heavy atom. The highest BCUT2D eigenvalue weighted by Gasteiger charge is 2.10. The van der Waals surface area contributed by atoms with Gasteiger partial charge in [0.2, 0.25) is 5.91 Å². The van der Waals surface area contributed by atoms with Crippen molar-refractivity contribution in [1.29, 1.82) is 5.26 Å². The number of carbonyl (C=O) groups excluding carboxylic acids is 1. The Hall–Kier alpha value is -2.43. The molecule has 27 heavy (non-hydrogen) atoms. The molecular formula is C20H20N4OS2. The highest BCUT2D eigenvalue weighted by atomic mass is 32.2. The molecule has 0 radical (unpaired) electrons. The van der Waals surface area contributed by atoms with Crippen molar-refractivity contribution in [3.05, 3.63) is 47.7 Å². The molecule has 0 aliphatic carbocycles. The summed E-state index contributed by atoms with van der Waals surface area (Å²) >= 11 is 2.92. The SMILES string of the molecule is CCCCc1ccc(C#N)c(SCCC(=O)Nc2nc3ccccc3s2)n1. The van der Waals surface area contributed by atoms with Gasteiger partial charge in [-0.05, 0) is 37.1 Å². The molecule has 5 nitrogen and oxygen atoms in total. The molecule has 2 heterocycles. The number of hydrogen-bond donors (Lipinski definition) is 1. The summed E-state index contributed by atoms with van der Waals surface area (Å²) in [6.07, 6.45) is 3.43. The van der Waals surface area contributed by atoms with Gasteiger partial charge in [-0.2, -0.15) is 5.26 Å². The van der Waals surface area contributed by atoms with Crippen LogP contribution in [-0.2, 0) is 11.2 Å². The largest absolute Gasteiger partial charge is 0.302 e. The minimum absolute atomic E-state index is 0.0813. The van der Waals surface area contributed by atoms with Crippen LogP contribution < -0.4 is 5.32 Å². The molecule has 0 unspecified atom stereocenters. The van der Waals surface area contributed by atoms with Crippen LogP contribution in [0.1, 0.15) is 37.4 Å². The molecule has 1 N–H and O–H groups in total. The molecule has 3 rings (SSSR count). The summed E-state index contributed by atoms with van der Waals surface area (Å²) in [5, 5.41) is 13.4. The minimum Gasteiger partial charge on any atom is -0.302 e. The van der Waals surface area contributed by atoms with E-state index in [9.17, 15) is 10.1 Å². The van der Waals surface area contributed by atoms with E-state index in [1.807, 2.05) is 36.4 Å². The van der Waals surface area contributed by atoms with Gasteiger partial charge in [0.25, 0.3) is 0 Å². The number of anilines is 1. The molecule has 1 aromatic carbocycles. The molecular weight excluding hydrogens is 376 g/mol. The van der Waals surface area contributed by atoms with Crippen LogP contribution in [0.3, 0.4) is 0 Å². The van der Waals surface area contributed by atoms with E-state index >= 15 is 0 Å². The van der Waals surface area contributed by atoms with Gasteiger partial charge in [0.05, 0.1) is 15.8 Å². The number of carbonyl (C=O) groups is 1. The number of thioether (sulfide) groups is 1. The number of rotatable bonds is 8. The third-order valence-electron chi connectivity index (χ3n) is 3.93. The maximum Gasteiger partial charge on any atom is 0.226 e. The summed E-state index contributed by atoms with van der Waals surface area (Å²) in [6, 6.07) is 13.7. The number of nitrogens with zero attached hydrogens (tertiary/aromatic N) is 3. The smallest absolute Gasteiger partial charge is 0.226 e. The summed E-state index contributed by atoms with van der Waals surface area (Å²) < 4.78 is 1.05. The monoisotopic (exact) mass is 396 g/mol. The fourth-order valence-corrected chi connectivity index (χ4v) is 4.33. The highest BCUT2D eigenvalue weighted by Crippen LogP contribution is 2.26. The second-order valence-corrected chi connectivity index (χ2v) is 8.12. The predicted octanol–water partition coefficient (Wildman–Crippen LogP) is 5.03. The molecule has 0 saturated carbocycles. The number of hydrogen-bond acceptors (Lipinski definition) is 6. The Morgan fingerprint density at radius 1 is 1.26 bits per heavy atom. The van der Waals surface area contributed by atoms with Crippen molar-refractivity contribution in [1.82, 2.24) is 9.97 Å². The van der Waals surface area contributed by atoms with Crippen molar-refractivity contribution in [2.45, 2.75) is 37.6 Å². The molecule has 0 saturated heterocycles. The average Bonchev–Trinajstić information content (AvgIpc) is 3.08. The van der Waals surface area contributed by atoms with Crippen LogP contribution in [0, 0.1) is 11.3 Å². The van der Waals surface area contributed by atoms with E-state index in [1.54, 1.807) is 0 Å². The van der Waals surface area contributed by atoms with Crippen molar-refractivity contribution >= 4 is 44.4 Å². The molecule has 138 valence electrons. The highest BCUT2D eigenvalue weighted by molar-refractivity contribution is 7.99. The predicted molar refractivity (Wildman–Crippen MR) is 111 cm³/mol. The molecule has 0 spiro atoms. The Labute approximate surface area is 166 Å². The van der Waals surface area contributed by atoms with Crippen molar-refractivity contribution in [3.63, 3.8) is 0 Å². The average molecular weight is 397 g/mol. The second-order valence-electron chi connectivity index (χ2n) is 6.00. The van der Waals surface area contributed by atoms with Gasteiger partial charge < -0.3 is 5.32 Å². The van der Waals surface area contributed by atoms with Crippen molar-refractivity contribution in [2.24, 2.45) is 0 Å². The number of aryl methyl sites for hydroxylation is 1. The topological polar surface area (TPSA) is 78.7 Å². The Kier molecular flexibility index (Phi) is 6.80. The van der Waals surface area contributed by atoms with E-state index < -0.39 is 0 Å². The lowest BCUT2D eigenvalue weighted by atomic mass is 10.2. The first-order valence-electron chi connectivity index (χ1n) is 8.88. The maximum atomic E-state index is 12.2. The van der Waals surface area contributed by atoms with Crippen LogP contribution in [0.15, 0.2) is 41.4 Å². The number of pyridine rings is 1. The zero-order chi connectivity index (χ0) is 19.1. The molecule has 0 fully saturated rings. The number of fused-ring (bicyclic) bond motifs is 1. The quantitative estimate of drug-likeness (QED) is 0.541. The number of para-hydroxylation sites is 1. The summed E-state index contributed by atoms with van der Waals surface area (Å²) in [5.74, 6) is 0.484. The van der Waals surface area contributed by atoms with Crippen LogP contribution in [-0.4, -0.2) is 21.6 Å². The van der Waals surface area contributed by atoms with Gasteiger partial charge >= 0.3 is 0 Å². The van der Waals surface area contributed by atoms with Crippen LogP contribution in [0.2, 0.25) is 0 Å². The van der Waals surface area contributed by atoms with Crippen LogP contribution in [0.5, 0.6) is 0 Å². The van der Waals surface area contributed by atoms with E-state index in [-0.39, 0.29) is 5.91 Å². The van der Waals surface area contributed by atoms with Crippen molar-refractivity contribution in [3.8, 4) is 6.07 Å². The van der Waals surface area contributed by atoms with E-state index in [0.717, 1.165) is 35.2 Å². The maximum absolute atomic E-state index is 12.2.